The van der Waals surface area contributed by atoms with Crippen LogP contribution in [0.3, 0.4) is 0 Å². The summed E-state index contributed by atoms with van der Waals surface area (Å²) in [6.45, 7) is 2.50. The van der Waals surface area contributed by atoms with Crippen molar-refractivity contribution >= 4 is 39.5 Å². The van der Waals surface area contributed by atoms with E-state index >= 15 is 0 Å². The van der Waals surface area contributed by atoms with Crippen molar-refractivity contribution in [2.45, 2.75) is 36.3 Å². The molecule has 0 aromatic heterocycles. The van der Waals surface area contributed by atoms with E-state index in [2.05, 4.69) is 21.2 Å². The number of carbonyl (C=O) groups is 2. The molecule has 188 valence electrons. The fraction of sp³-hybridized carbons (Fsp3) is 0.310. The summed E-state index contributed by atoms with van der Waals surface area (Å²) < 4.78 is 0.973. The molecule has 1 fully saturated rings. The predicted molar refractivity (Wildman–Crippen MR) is 148 cm³/mol. The Kier molecular flexibility index (Phi) is 8.88. The molecule has 5 nitrogen and oxygen atoms in total. The summed E-state index contributed by atoms with van der Waals surface area (Å²) in [6, 6.07) is 26.9. The molecule has 0 bridgehead atoms. The molecule has 1 heterocycles. The van der Waals surface area contributed by atoms with Gasteiger partial charge in [-0.1, -0.05) is 82.7 Å². The highest BCUT2D eigenvalue weighted by molar-refractivity contribution is 9.10. The third kappa shape index (κ3) is 6.20. The largest absolute Gasteiger partial charge is 0.380 e. The van der Waals surface area contributed by atoms with Crippen LogP contribution >= 0.6 is 27.7 Å². The standard InChI is InChI=1S/C29H31BrN2O3S/c1-21(33)31-27(20-36-26-14-8-13-25(30)19-26)28(34)32-17-15-24(16-18-32)29(35,22-9-4-2-5-10-22)23-11-6-3-7-12-23/h2-14,19,24,27,35H,15-18,20H2,1H3,(H,31,33). The third-order valence-corrected chi connectivity index (χ3v) is 8.29. The number of amides is 2. The van der Waals surface area contributed by atoms with Crippen LogP contribution in [-0.2, 0) is 15.2 Å². The van der Waals surface area contributed by atoms with Gasteiger partial charge in [0, 0.05) is 35.1 Å². The van der Waals surface area contributed by atoms with E-state index in [1.165, 1.54) is 6.92 Å². The van der Waals surface area contributed by atoms with Crippen LogP contribution in [0.5, 0.6) is 0 Å². The van der Waals surface area contributed by atoms with Crippen molar-refractivity contribution in [1.29, 1.82) is 0 Å². The van der Waals surface area contributed by atoms with Crippen molar-refractivity contribution in [3.63, 3.8) is 0 Å². The first kappa shape index (κ1) is 26.5. The lowest BCUT2D eigenvalue weighted by atomic mass is 9.72. The zero-order chi connectivity index (χ0) is 25.5. The minimum atomic E-state index is -1.13. The predicted octanol–water partition coefficient (Wildman–Crippen LogP) is 5.22. The number of benzene rings is 3. The molecule has 1 atom stereocenters. The summed E-state index contributed by atoms with van der Waals surface area (Å²) in [5, 5.41) is 14.9. The molecular weight excluding hydrogens is 536 g/mol. The Morgan fingerprint density at radius 1 is 1.00 bits per heavy atom. The summed E-state index contributed by atoms with van der Waals surface area (Å²) in [5.74, 6) is 0.114. The molecular formula is C29H31BrN2O3S. The Morgan fingerprint density at radius 3 is 2.11 bits per heavy atom. The maximum Gasteiger partial charge on any atom is 0.246 e. The molecule has 2 amide bonds. The highest BCUT2D eigenvalue weighted by Crippen LogP contribution is 2.42. The quantitative estimate of drug-likeness (QED) is 0.367. The molecule has 0 aliphatic carbocycles. The van der Waals surface area contributed by atoms with Crippen molar-refractivity contribution in [3.05, 3.63) is 101 Å². The zero-order valence-electron chi connectivity index (χ0n) is 20.3. The number of hydrogen-bond acceptors (Lipinski definition) is 4. The van der Waals surface area contributed by atoms with E-state index in [-0.39, 0.29) is 17.7 Å². The van der Waals surface area contributed by atoms with E-state index in [0.717, 1.165) is 20.5 Å². The van der Waals surface area contributed by atoms with E-state index < -0.39 is 11.6 Å². The van der Waals surface area contributed by atoms with Gasteiger partial charge in [0.1, 0.15) is 11.6 Å². The van der Waals surface area contributed by atoms with Crippen molar-refractivity contribution < 1.29 is 14.7 Å². The Labute approximate surface area is 225 Å². The molecule has 0 radical (unpaired) electrons. The van der Waals surface area contributed by atoms with Gasteiger partial charge < -0.3 is 15.3 Å². The summed E-state index contributed by atoms with van der Waals surface area (Å²) in [5.41, 5.74) is 0.593. The number of nitrogens with zero attached hydrogens (tertiary/aromatic N) is 1. The molecule has 3 aromatic rings. The fourth-order valence-corrected chi connectivity index (χ4v) is 6.44. The van der Waals surface area contributed by atoms with E-state index in [4.69, 9.17) is 0 Å². The first-order valence-corrected chi connectivity index (χ1v) is 13.9. The van der Waals surface area contributed by atoms with Crippen LogP contribution in [0.25, 0.3) is 0 Å². The van der Waals surface area contributed by atoms with E-state index in [0.29, 0.717) is 31.7 Å². The SMILES string of the molecule is CC(=O)NC(CSc1cccc(Br)c1)C(=O)N1CCC(C(O)(c2ccccc2)c2ccccc2)CC1. The third-order valence-electron chi connectivity index (χ3n) is 6.71. The second kappa shape index (κ2) is 12.1. The minimum Gasteiger partial charge on any atom is -0.380 e. The number of aliphatic hydroxyl groups is 1. The number of likely N-dealkylation sites (tertiary alicyclic amines) is 1. The van der Waals surface area contributed by atoms with Gasteiger partial charge in [-0.25, -0.2) is 0 Å². The molecule has 1 unspecified atom stereocenters. The Hall–Kier alpha value is -2.61. The van der Waals surface area contributed by atoms with Crippen LogP contribution in [0.15, 0.2) is 94.3 Å². The smallest absolute Gasteiger partial charge is 0.246 e. The van der Waals surface area contributed by atoms with Crippen molar-refractivity contribution in [3.8, 4) is 0 Å². The topological polar surface area (TPSA) is 69.6 Å². The van der Waals surface area contributed by atoms with Gasteiger partial charge in [-0.15, -0.1) is 11.8 Å². The van der Waals surface area contributed by atoms with E-state index in [1.54, 1.807) is 11.8 Å². The van der Waals surface area contributed by atoms with Crippen molar-refractivity contribution in [2.24, 2.45) is 5.92 Å². The number of hydrogen-bond donors (Lipinski definition) is 2. The molecule has 0 saturated carbocycles. The summed E-state index contributed by atoms with van der Waals surface area (Å²) in [6.07, 6.45) is 1.33. The van der Waals surface area contributed by atoms with Gasteiger partial charge in [0.25, 0.3) is 0 Å². The second-order valence-electron chi connectivity index (χ2n) is 9.12. The molecule has 0 spiro atoms. The van der Waals surface area contributed by atoms with E-state index in [9.17, 15) is 14.7 Å². The number of rotatable bonds is 8. The lowest BCUT2D eigenvalue weighted by Crippen LogP contribution is -2.53. The molecule has 3 aromatic carbocycles. The Bertz CT molecular complexity index is 1130. The maximum absolute atomic E-state index is 13.4. The number of carbonyl (C=O) groups excluding carboxylic acids is 2. The maximum atomic E-state index is 13.4. The second-order valence-corrected chi connectivity index (χ2v) is 11.1. The van der Waals surface area contributed by atoms with Gasteiger partial charge in [0.05, 0.1) is 0 Å². The Morgan fingerprint density at radius 2 is 1.58 bits per heavy atom. The minimum absolute atomic E-state index is 0.0402. The zero-order valence-corrected chi connectivity index (χ0v) is 22.7. The van der Waals surface area contributed by atoms with Gasteiger partial charge in [0.2, 0.25) is 11.8 Å². The van der Waals surface area contributed by atoms with Crippen LogP contribution in [0.2, 0.25) is 0 Å². The molecule has 4 rings (SSSR count). The highest BCUT2D eigenvalue weighted by Gasteiger charge is 2.42. The first-order valence-electron chi connectivity index (χ1n) is 12.2. The lowest BCUT2D eigenvalue weighted by Gasteiger charge is -2.43. The molecule has 36 heavy (non-hydrogen) atoms. The molecule has 2 N–H and O–H groups in total. The number of thioether (sulfide) groups is 1. The molecule has 1 saturated heterocycles. The molecule has 1 aliphatic rings. The molecule has 7 heteroatoms. The van der Waals surface area contributed by atoms with Gasteiger partial charge in [-0.3, -0.25) is 9.59 Å². The van der Waals surface area contributed by atoms with Crippen LogP contribution in [0.1, 0.15) is 30.9 Å². The van der Waals surface area contributed by atoms with Crippen molar-refractivity contribution in [2.75, 3.05) is 18.8 Å². The summed E-state index contributed by atoms with van der Waals surface area (Å²) >= 11 is 5.02. The van der Waals surface area contributed by atoms with Crippen LogP contribution < -0.4 is 5.32 Å². The van der Waals surface area contributed by atoms with Gasteiger partial charge >= 0.3 is 0 Å². The lowest BCUT2D eigenvalue weighted by molar-refractivity contribution is -0.137. The average Bonchev–Trinajstić information content (AvgIpc) is 2.91. The fourth-order valence-electron chi connectivity index (χ4n) is 4.92. The number of nitrogens with one attached hydrogen (secondary N) is 1. The summed E-state index contributed by atoms with van der Waals surface area (Å²) in [4.78, 5) is 28.2. The van der Waals surface area contributed by atoms with Crippen LogP contribution in [-0.4, -0.2) is 46.7 Å². The Balaban J connectivity index is 1.47. The molecule has 1 aliphatic heterocycles. The monoisotopic (exact) mass is 566 g/mol. The summed E-state index contributed by atoms with van der Waals surface area (Å²) in [7, 11) is 0. The number of halogens is 1. The van der Waals surface area contributed by atoms with Gasteiger partial charge in [0.15, 0.2) is 0 Å². The highest BCUT2D eigenvalue weighted by atomic mass is 79.9. The normalized spacial score (nSPS) is 15.4. The van der Waals surface area contributed by atoms with Gasteiger partial charge in [-0.2, -0.15) is 0 Å². The van der Waals surface area contributed by atoms with Crippen LogP contribution in [0.4, 0.5) is 0 Å². The van der Waals surface area contributed by atoms with Gasteiger partial charge in [-0.05, 0) is 48.1 Å². The van der Waals surface area contributed by atoms with Crippen molar-refractivity contribution in [1.82, 2.24) is 10.2 Å². The van der Waals surface area contributed by atoms with E-state index in [1.807, 2.05) is 89.8 Å². The first-order chi connectivity index (χ1) is 17.4. The average molecular weight is 568 g/mol. The number of piperidine rings is 1. The van der Waals surface area contributed by atoms with Crippen LogP contribution in [0, 0.1) is 5.92 Å².